The van der Waals surface area contributed by atoms with E-state index in [1.54, 1.807) is 12.4 Å². The number of carboxylic acids is 1. The number of fused-ring (bicyclic) bond motifs is 1. The molecule has 18 heavy (non-hydrogen) atoms. The molecule has 0 bridgehead atoms. The average molecular weight is 244 g/mol. The highest BCUT2D eigenvalue weighted by Crippen LogP contribution is 2.29. The van der Waals surface area contributed by atoms with Crippen LogP contribution in [0.3, 0.4) is 0 Å². The van der Waals surface area contributed by atoms with E-state index in [0.29, 0.717) is 12.2 Å². The second kappa shape index (κ2) is 4.21. The van der Waals surface area contributed by atoms with Crippen molar-refractivity contribution >= 4 is 5.97 Å². The van der Waals surface area contributed by atoms with Crippen LogP contribution in [0.4, 0.5) is 0 Å². The van der Waals surface area contributed by atoms with E-state index in [1.807, 2.05) is 16.7 Å². The van der Waals surface area contributed by atoms with Crippen LogP contribution in [-0.2, 0) is 11.3 Å². The molecule has 0 saturated carbocycles. The van der Waals surface area contributed by atoms with E-state index >= 15 is 0 Å². The molecule has 3 heterocycles. The number of carbonyl (C=O) groups is 1. The molecule has 0 fully saturated rings. The number of rotatable bonds is 2. The summed E-state index contributed by atoms with van der Waals surface area (Å²) in [7, 11) is 0. The quantitative estimate of drug-likeness (QED) is 0.861. The highest BCUT2D eigenvalue weighted by atomic mass is 16.4. The Balaban J connectivity index is 2.08. The zero-order chi connectivity index (χ0) is 12.5. The molecule has 1 aliphatic rings. The highest BCUT2D eigenvalue weighted by molar-refractivity contribution is 5.75. The molecule has 0 saturated heterocycles. The van der Waals surface area contributed by atoms with E-state index in [-0.39, 0.29) is 0 Å². The lowest BCUT2D eigenvalue weighted by Gasteiger charge is -2.20. The first-order chi connectivity index (χ1) is 8.77. The van der Waals surface area contributed by atoms with Crippen molar-refractivity contribution < 1.29 is 9.90 Å². The summed E-state index contributed by atoms with van der Waals surface area (Å²) in [6, 6.07) is 3.70. The summed E-state index contributed by atoms with van der Waals surface area (Å²) in [5, 5.41) is 17.3. The summed E-state index contributed by atoms with van der Waals surface area (Å²) in [5.41, 5.74) is 0.912. The summed E-state index contributed by atoms with van der Waals surface area (Å²) in [4.78, 5) is 15.1. The van der Waals surface area contributed by atoms with Crippen LogP contribution in [0.2, 0.25) is 0 Å². The Kier molecular flexibility index (Phi) is 2.55. The normalized spacial score (nSPS) is 18.3. The minimum absolute atomic E-state index is 0.540. The Labute approximate surface area is 103 Å². The first-order valence-corrected chi connectivity index (χ1v) is 5.83. The molecular formula is C12H12N4O2. The maximum Gasteiger partial charge on any atom is 0.314 e. The highest BCUT2D eigenvalue weighted by Gasteiger charge is 2.30. The minimum atomic E-state index is -0.829. The molecule has 2 aromatic heterocycles. The Morgan fingerprint density at radius 3 is 2.83 bits per heavy atom. The summed E-state index contributed by atoms with van der Waals surface area (Å²) >= 11 is 0. The zero-order valence-electron chi connectivity index (χ0n) is 9.65. The van der Waals surface area contributed by atoms with Crippen LogP contribution < -0.4 is 0 Å². The topological polar surface area (TPSA) is 80.9 Å². The van der Waals surface area contributed by atoms with Crippen LogP contribution in [0.25, 0.3) is 11.4 Å². The van der Waals surface area contributed by atoms with Crippen LogP contribution in [0, 0.1) is 0 Å². The van der Waals surface area contributed by atoms with Crippen LogP contribution in [0.15, 0.2) is 24.5 Å². The lowest BCUT2D eigenvalue weighted by atomic mass is 9.99. The van der Waals surface area contributed by atoms with E-state index in [0.717, 1.165) is 24.4 Å². The summed E-state index contributed by atoms with van der Waals surface area (Å²) in [6.45, 7) is 0.768. The standard InChI is InChI=1S/C12H12N4O2/c17-12(18)9-2-1-7-16-10(14-15-11(9)16)8-3-5-13-6-4-8/h3-6,9H,1-2,7H2,(H,17,18). The number of aliphatic carboxylic acids is 1. The second-order valence-corrected chi connectivity index (χ2v) is 4.30. The fourth-order valence-electron chi connectivity index (χ4n) is 2.32. The number of pyridine rings is 1. The van der Waals surface area contributed by atoms with Crippen molar-refractivity contribution in [1.82, 2.24) is 19.7 Å². The number of nitrogens with zero attached hydrogens (tertiary/aromatic N) is 4. The molecule has 0 spiro atoms. The third-order valence-corrected chi connectivity index (χ3v) is 3.20. The Hall–Kier alpha value is -2.24. The van der Waals surface area contributed by atoms with E-state index in [2.05, 4.69) is 15.2 Å². The number of aromatic nitrogens is 4. The zero-order valence-corrected chi connectivity index (χ0v) is 9.65. The Morgan fingerprint density at radius 1 is 1.33 bits per heavy atom. The van der Waals surface area contributed by atoms with Gasteiger partial charge in [-0.15, -0.1) is 10.2 Å². The molecule has 6 heteroatoms. The van der Waals surface area contributed by atoms with Crippen LogP contribution in [-0.4, -0.2) is 30.8 Å². The molecule has 0 amide bonds. The Morgan fingerprint density at radius 2 is 2.11 bits per heavy atom. The van der Waals surface area contributed by atoms with E-state index in [4.69, 9.17) is 0 Å². The maximum atomic E-state index is 11.2. The van der Waals surface area contributed by atoms with Gasteiger partial charge in [-0.05, 0) is 25.0 Å². The van der Waals surface area contributed by atoms with E-state index < -0.39 is 11.9 Å². The molecule has 6 nitrogen and oxygen atoms in total. The van der Waals surface area contributed by atoms with Gasteiger partial charge in [0.15, 0.2) is 5.82 Å². The molecule has 0 aromatic carbocycles. The van der Waals surface area contributed by atoms with Gasteiger partial charge in [0.2, 0.25) is 0 Å². The van der Waals surface area contributed by atoms with Gasteiger partial charge >= 0.3 is 5.97 Å². The van der Waals surface area contributed by atoms with Crippen molar-refractivity contribution in [3.63, 3.8) is 0 Å². The molecule has 0 aliphatic carbocycles. The third kappa shape index (κ3) is 1.66. The van der Waals surface area contributed by atoms with Crippen molar-refractivity contribution in [2.75, 3.05) is 0 Å². The fraction of sp³-hybridized carbons (Fsp3) is 0.333. The van der Waals surface area contributed by atoms with Gasteiger partial charge in [0, 0.05) is 24.5 Å². The lowest BCUT2D eigenvalue weighted by Crippen LogP contribution is -2.22. The predicted octanol–water partition coefficient (Wildman–Crippen LogP) is 1.30. The molecule has 0 radical (unpaired) electrons. The predicted molar refractivity (Wildman–Crippen MR) is 62.9 cm³/mol. The molecule has 92 valence electrons. The van der Waals surface area contributed by atoms with Gasteiger partial charge < -0.3 is 9.67 Å². The largest absolute Gasteiger partial charge is 0.481 e. The first kappa shape index (κ1) is 10.9. The maximum absolute atomic E-state index is 11.2. The fourth-order valence-corrected chi connectivity index (χ4v) is 2.32. The van der Waals surface area contributed by atoms with Gasteiger partial charge in [0.25, 0.3) is 0 Å². The SMILES string of the molecule is O=C(O)C1CCCn2c(-c3ccncc3)nnc21. The molecule has 3 rings (SSSR count). The van der Waals surface area contributed by atoms with E-state index in [9.17, 15) is 9.90 Å². The minimum Gasteiger partial charge on any atom is -0.481 e. The monoisotopic (exact) mass is 244 g/mol. The Bertz CT molecular complexity index is 579. The van der Waals surface area contributed by atoms with Crippen LogP contribution in [0.5, 0.6) is 0 Å². The summed E-state index contributed by atoms with van der Waals surface area (Å²) < 4.78 is 1.90. The van der Waals surface area contributed by atoms with Gasteiger partial charge in [-0.3, -0.25) is 9.78 Å². The van der Waals surface area contributed by atoms with Crippen LogP contribution >= 0.6 is 0 Å². The number of hydrogen-bond donors (Lipinski definition) is 1. The van der Waals surface area contributed by atoms with Gasteiger partial charge in [-0.1, -0.05) is 0 Å². The van der Waals surface area contributed by atoms with Gasteiger partial charge in [-0.25, -0.2) is 0 Å². The summed E-state index contributed by atoms with van der Waals surface area (Å²) in [6.07, 6.45) is 4.84. The molecule has 1 unspecified atom stereocenters. The molecule has 2 aromatic rings. The van der Waals surface area contributed by atoms with Crippen LogP contribution in [0.1, 0.15) is 24.6 Å². The third-order valence-electron chi connectivity index (χ3n) is 3.20. The number of carboxylic acid groups (broad SMARTS) is 1. The molecule has 1 aliphatic heterocycles. The smallest absolute Gasteiger partial charge is 0.314 e. The van der Waals surface area contributed by atoms with Crippen molar-refractivity contribution in [2.24, 2.45) is 0 Å². The van der Waals surface area contributed by atoms with Crippen molar-refractivity contribution in [2.45, 2.75) is 25.3 Å². The molecule has 1 N–H and O–H groups in total. The first-order valence-electron chi connectivity index (χ1n) is 5.83. The van der Waals surface area contributed by atoms with Crippen molar-refractivity contribution in [1.29, 1.82) is 0 Å². The molecule has 1 atom stereocenters. The van der Waals surface area contributed by atoms with E-state index in [1.165, 1.54) is 0 Å². The van der Waals surface area contributed by atoms with Crippen molar-refractivity contribution in [3.8, 4) is 11.4 Å². The summed E-state index contributed by atoms with van der Waals surface area (Å²) in [5.74, 6) is -0.0922. The van der Waals surface area contributed by atoms with Gasteiger partial charge in [-0.2, -0.15) is 0 Å². The molecular weight excluding hydrogens is 232 g/mol. The average Bonchev–Trinajstić information content (AvgIpc) is 2.83. The van der Waals surface area contributed by atoms with Gasteiger partial charge in [0.05, 0.1) is 0 Å². The number of hydrogen-bond acceptors (Lipinski definition) is 4. The van der Waals surface area contributed by atoms with Crippen molar-refractivity contribution in [3.05, 3.63) is 30.4 Å². The lowest BCUT2D eigenvalue weighted by molar-refractivity contribution is -0.139. The second-order valence-electron chi connectivity index (χ2n) is 4.30. The van der Waals surface area contributed by atoms with Gasteiger partial charge in [0.1, 0.15) is 11.7 Å².